The van der Waals surface area contributed by atoms with Gasteiger partial charge >= 0.3 is 0 Å². The molecule has 0 radical (unpaired) electrons. The van der Waals surface area contributed by atoms with E-state index in [9.17, 15) is 5.26 Å². The largest absolute Gasteiger partial charge is 0.389 e. The number of unbranched alkanes of at least 4 members (excludes halogenated alkanes) is 2. The van der Waals surface area contributed by atoms with Gasteiger partial charge in [-0.1, -0.05) is 52.2 Å². The van der Waals surface area contributed by atoms with Gasteiger partial charge in [0.15, 0.2) is 5.82 Å². The summed E-state index contributed by atoms with van der Waals surface area (Å²) in [6.45, 7) is 17.3. The number of fused-ring (bicyclic) bond motifs is 3. The second-order valence-corrected chi connectivity index (χ2v) is 14.5. The summed E-state index contributed by atoms with van der Waals surface area (Å²) in [5.41, 5.74) is 9.82. The number of nitrogens with zero attached hydrogens (tertiary/aromatic N) is 5. The predicted octanol–water partition coefficient (Wildman–Crippen LogP) is 9.25. The minimum atomic E-state index is -0.545. The molecular formula is C39H54F2N6O2S. The molecule has 50 heavy (non-hydrogen) atoms. The number of nitrogen functional groups attached to an aromatic ring is 1. The molecule has 2 N–H and O–H groups in total. The van der Waals surface area contributed by atoms with Gasteiger partial charge in [0.1, 0.15) is 22.4 Å². The van der Waals surface area contributed by atoms with Gasteiger partial charge in [-0.2, -0.15) is 5.26 Å². The van der Waals surface area contributed by atoms with Crippen molar-refractivity contribution in [1.82, 2.24) is 14.9 Å². The van der Waals surface area contributed by atoms with Crippen LogP contribution in [0.3, 0.4) is 0 Å². The van der Waals surface area contributed by atoms with Gasteiger partial charge in [-0.15, -0.1) is 11.3 Å². The predicted molar refractivity (Wildman–Crippen MR) is 202 cm³/mol. The lowest BCUT2D eigenvalue weighted by molar-refractivity contribution is 0.0899. The fourth-order valence-electron chi connectivity index (χ4n) is 6.69. The summed E-state index contributed by atoms with van der Waals surface area (Å²) in [6.07, 6.45) is 8.90. The maximum atomic E-state index is 16.9. The highest BCUT2D eigenvalue weighted by Gasteiger charge is 2.34. The fraction of sp³-hybridized carbons (Fsp3) is 0.564. The minimum Gasteiger partial charge on any atom is -0.389 e. The Labute approximate surface area is 301 Å². The molecule has 4 heterocycles. The van der Waals surface area contributed by atoms with Crippen LogP contribution in [0.25, 0.3) is 22.3 Å². The first-order valence-corrected chi connectivity index (χ1v) is 18.7. The normalized spacial score (nSPS) is 18.6. The quantitative estimate of drug-likeness (QED) is 0.186. The van der Waals surface area contributed by atoms with Crippen LogP contribution in [0.2, 0.25) is 0 Å². The number of allylic oxidation sites excluding steroid dienone is 2. The van der Waals surface area contributed by atoms with Gasteiger partial charge < -0.3 is 25.0 Å². The van der Waals surface area contributed by atoms with Crippen molar-refractivity contribution in [1.29, 1.82) is 5.26 Å². The topological polar surface area (TPSA) is 101 Å². The van der Waals surface area contributed by atoms with Gasteiger partial charge in [-0.3, -0.25) is 0 Å². The third kappa shape index (κ3) is 8.04. The smallest absolute Gasteiger partial charge is 0.226 e. The third-order valence-corrected chi connectivity index (χ3v) is 11.3. The van der Waals surface area contributed by atoms with Crippen LogP contribution in [-0.2, 0) is 22.7 Å². The summed E-state index contributed by atoms with van der Waals surface area (Å²) in [7, 11) is 3.91. The Morgan fingerprint density at radius 3 is 2.56 bits per heavy atom. The minimum absolute atomic E-state index is 0.0354. The summed E-state index contributed by atoms with van der Waals surface area (Å²) in [4.78, 5) is 14.0. The fourth-order valence-corrected chi connectivity index (χ4v) is 7.68. The van der Waals surface area contributed by atoms with E-state index in [2.05, 4.69) is 50.7 Å². The van der Waals surface area contributed by atoms with Crippen molar-refractivity contribution in [3.8, 4) is 6.07 Å². The molecule has 5 rings (SSSR count). The molecule has 0 amide bonds. The number of aromatic nitrogens is 2. The van der Waals surface area contributed by atoms with E-state index >= 15 is 8.78 Å². The zero-order valence-corrected chi connectivity index (χ0v) is 32.1. The number of nitriles is 1. The maximum Gasteiger partial charge on any atom is 0.226 e. The SMILES string of the molecule is C/C=C(/F)c1sc(N)c(C#N)c1C(=C(C)CC)c1c2c(c3cnc(N4CC(C)C(OC)C4)nc3c1F)COC2.CCCCCN(C)C(C)CC. The molecule has 2 aliphatic heterocycles. The van der Waals surface area contributed by atoms with Crippen LogP contribution in [0.5, 0.6) is 0 Å². The number of halogens is 2. The number of hydrogen-bond acceptors (Lipinski definition) is 9. The van der Waals surface area contributed by atoms with Gasteiger partial charge in [0.25, 0.3) is 0 Å². The monoisotopic (exact) mass is 708 g/mol. The van der Waals surface area contributed by atoms with Crippen LogP contribution in [0.4, 0.5) is 19.7 Å². The van der Waals surface area contributed by atoms with E-state index in [1.165, 1.54) is 38.3 Å². The Balaban J connectivity index is 0.000000442. The Kier molecular flexibility index (Phi) is 13.9. The van der Waals surface area contributed by atoms with Gasteiger partial charge in [0.05, 0.1) is 29.8 Å². The number of hydrogen-bond donors (Lipinski definition) is 1. The highest BCUT2D eigenvalue weighted by Crippen LogP contribution is 2.47. The van der Waals surface area contributed by atoms with Crippen molar-refractivity contribution >= 4 is 44.6 Å². The Morgan fingerprint density at radius 1 is 1.24 bits per heavy atom. The van der Waals surface area contributed by atoms with Crippen molar-refractivity contribution in [2.75, 3.05) is 44.4 Å². The van der Waals surface area contributed by atoms with E-state index in [-0.39, 0.29) is 51.8 Å². The van der Waals surface area contributed by atoms with Crippen molar-refractivity contribution in [2.45, 2.75) is 106 Å². The number of thiophene rings is 1. The molecule has 1 saturated heterocycles. The molecule has 1 aromatic carbocycles. The molecule has 2 aliphatic rings. The van der Waals surface area contributed by atoms with Crippen molar-refractivity contribution < 1.29 is 18.3 Å². The molecule has 8 nitrogen and oxygen atoms in total. The molecule has 2 aromatic heterocycles. The number of anilines is 2. The zero-order valence-electron chi connectivity index (χ0n) is 31.3. The summed E-state index contributed by atoms with van der Waals surface area (Å²) in [6, 6.07) is 2.89. The molecule has 3 aromatic rings. The highest BCUT2D eigenvalue weighted by molar-refractivity contribution is 7.17. The van der Waals surface area contributed by atoms with Crippen LogP contribution < -0.4 is 10.6 Å². The first-order chi connectivity index (χ1) is 24.0. The molecule has 0 saturated carbocycles. The lowest BCUT2D eigenvalue weighted by atomic mass is 9.85. The van der Waals surface area contributed by atoms with E-state index in [1.807, 2.05) is 18.7 Å². The average molecular weight is 709 g/mol. The van der Waals surface area contributed by atoms with Gasteiger partial charge in [0, 0.05) is 54.9 Å². The van der Waals surface area contributed by atoms with Gasteiger partial charge in [-0.05, 0) is 70.3 Å². The van der Waals surface area contributed by atoms with E-state index < -0.39 is 11.6 Å². The average Bonchev–Trinajstić information content (AvgIpc) is 3.85. The summed E-state index contributed by atoms with van der Waals surface area (Å²) in [5.74, 6) is -0.359. The molecular weight excluding hydrogens is 655 g/mol. The van der Waals surface area contributed by atoms with Crippen molar-refractivity contribution in [2.24, 2.45) is 5.92 Å². The Bertz CT molecular complexity index is 1760. The molecule has 3 atom stereocenters. The van der Waals surface area contributed by atoms with Crippen molar-refractivity contribution in [3.05, 3.63) is 56.4 Å². The number of benzene rings is 1. The van der Waals surface area contributed by atoms with Crippen LogP contribution >= 0.6 is 11.3 Å². The maximum absolute atomic E-state index is 16.9. The molecule has 1 fully saturated rings. The van der Waals surface area contributed by atoms with Gasteiger partial charge in [-0.25, -0.2) is 18.7 Å². The van der Waals surface area contributed by atoms with Crippen LogP contribution in [0.15, 0.2) is 17.8 Å². The number of methoxy groups -OCH3 is 1. The van der Waals surface area contributed by atoms with Crippen molar-refractivity contribution in [3.63, 3.8) is 0 Å². The molecule has 272 valence electrons. The van der Waals surface area contributed by atoms with E-state index in [0.717, 1.165) is 28.5 Å². The van der Waals surface area contributed by atoms with Crippen LogP contribution in [0, 0.1) is 23.1 Å². The molecule has 0 spiro atoms. The van der Waals surface area contributed by atoms with E-state index in [0.29, 0.717) is 47.5 Å². The molecule has 11 heteroatoms. The van der Waals surface area contributed by atoms with E-state index in [4.69, 9.17) is 20.2 Å². The van der Waals surface area contributed by atoms with Crippen LogP contribution in [0.1, 0.15) is 113 Å². The molecule has 0 bridgehead atoms. The second kappa shape index (κ2) is 17.7. The first-order valence-electron chi connectivity index (χ1n) is 17.9. The summed E-state index contributed by atoms with van der Waals surface area (Å²) in [5, 5.41) is 10.8. The number of nitrogens with two attached hydrogens (primary N) is 1. The second-order valence-electron chi connectivity index (χ2n) is 13.5. The lowest BCUT2D eigenvalue weighted by Crippen LogP contribution is -2.29. The molecule has 0 aliphatic carbocycles. The number of rotatable bonds is 12. The van der Waals surface area contributed by atoms with Gasteiger partial charge in [0.2, 0.25) is 5.95 Å². The lowest BCUT2D eigenvalue weighted by Gasteiger charge is -2.23. The highest BCUT2D eigenvalue weighted by atomic mass is 32.1. The first kappa shape index (κ1) is 39.4. The molecule has 3 unspecified atom stereocenters. The third-order valence-electron chi connectivity index (χ3n) is 10.2. The van der Waals surface area contributed by atoms with Crippen LogP contribution in [-0.4, -0.2) is 60.8 Å². The number of ether oxygens (including phenoxy) is 2. The van der Waals surface area contributed by atoms with E-state index in [1.54, 1.807) is 20.2 Å². The summed E-state index contributed by atoms with van der Waals surface area (Å²) >= 11 is 0.994. The zero-order chi connectivity index (χ0) is 36.7. The Morgan fingerprint density at radius 2 is 1.96 bits per heavy atom. The summed E-state index contributed by atoms with van der Waals surface area (Å²) < 4.78 is 43.4. The standard InChI is InChI=1S/C29H31F2N5O2S.C10H23N/c1-6-14(3)22(24-16(8-32)28(33)39-27(24)20(30)7-2)23-19-13-38-12-18(19)17-9-34-29(35-26(17)25(23)31)36-10-15(4)21(11-36)37-5;1-5-7-8-9-11(4)10(3)6-2/h7,9,15,21H,6,10-13,33H2,1-5H3;10H,5-9H2,1-4H3/b20-7+,22-14?;. The Hall–Kier alpha value is -3.43.